The van der Waals surface area contributed by atoms with Gasteiger partial charge in [-0.2, -0.15) is 0 Å². The Kier molecular flexibility index (Phi) is 4.14. The van der Waals surface area contributed by atoms with E-state index in [1.54, 1.807) is 12.1 Å². The number of nitrogens with zero attached hydrogens (tertiary/aromatic N) is 1. The Morgan fingerprint density at radius 2 is 1.81 bits per heavy atom. The molecule has 5 heteroatoms. The van der Waals surface area contributed by atoms with Gasteiger partial charge in [0.15, 0.2) is 9.84 Å². The maximum absolute atomic E-state index is 11.6. The number of benzene rings is 1. The van der Waals surface area contributed by atoms with Gasteiger partial charge in [-0.1, -0.05) is 6.07 Å². The Balaban J connectivity index is 2.26. The fourth-order valence-electron chi connectivity index (χ4n) is 2.32. The van der Waals surface area contributed by atoms with Gasteiger partial charge in [0, 0.05) is 36.9 Å². The van der Waals surface area contributed by atoms with Gasteiger partial charge in [-0.15, -0.1) is 0 Å². The summed E-state index contributed by atoms with van der Waals surface area (Å²) in [6, 6.07) is 7.34. The molecular formula is C16H22N2O2S. The zero-order valence-electron chi connectivity index (χ0n) is 13.2. The first-order valence-corrected chi connectivity index (χ1v) is 8.75. The Labute approximate surface area is 126 Å². The summed E-state index contributed by atoms with van der Waals surface area (Å²) < 4.78 is 25.4. The SMILES string of the molecule is Cc1ccc(S(C)(=O)=O)cc1NCc1cc(C)n(C)c1C. The van der Waals surface area contributed by atoms with Crippen LogP contribution < -0.4 is 5.32 Å². The van der Waals surface area contributed by atoms with Crippen LogP contribution >= 0.6 is 0 Å². The molecule has 2 rings (SSSR count). The van der Waals surface area contributed by atoms with Crippen molar-refractivity contribution in [2.75, 3.05) is 11.6 Å². The minimum atomic E-state index is -3.18. The Morgan fingerprint density at radius 1 is 1.14 bits per heavy atom. The zero-order valence-corrected chi connectivity index (χ0v) is 14.0. The molecule has 4 nitrogen and oxygen atoms in total. The molecule has 0 radical (unpaired) electrons. The second-order valence-electron chi connectivity index (χ2n) is 5.56. The molecule has 1 N–H and O–H groups in total. The lowest BCUT2D eigenvalue weighted by molar-refractivity contribution is 0.602. The summed E-state index contributed by atoms with van der Waals surface area (Å²) in [5.41, 5.74) is 5.55. The third kappa shape index (κ3) is 3.29. The smallest absolute Gasteiger partial charge is 0.175 e. The third-order valence-electron chi connectivity index (χ3n) is 3.99. The molecule has 0 aliphatic rings. The molecule has 0 fully saturated rings. The van der Waals surface area contributed by atoms with Crippen LogP contribution in [0.2, 0.25) is 0 Å². The molecule has 0 atom stereocenters. The lowest BCUT2D eigenvalue weighted by Gasteiger charge is -2.11. The number of nitrogens with one attached hydrogen (secondary N) is 1. The van der Waals surface area contributed by atoms with Crippen molar-refractivity contribution in [3.63, 3.8) is 0 Å². The highest BCUT2D eigenvalue weighted by molar-refractivity contribution is 7.90. The lowest BCUT2D eigenvalue weighted by atomic mass is 10.2. The van der Waals surface area contributed by atoms with E-state index in [1.165, 1.54) is 23.2 Å². The predicted octanol–water partition coefficient (Wildman–Crippen LogP) is 2.97. The summed E-state index contributed by atoms with van der Waals surface area (Å²) in [4.78, 5) is 0.344. The molecule has 1 aromatic heterocycles. The predicted molar refractivity (Wildman–Crippen MR) is 86.5 cm³/mol. The molecule has 1 heterocycles. The molecule has 114 valence electrons. The first-order chi connectivity index (χ1) is 9.70. The normalized spacial score (nSPS) is 11.7. The van der Waals surface area contributed by atoms with Gasteiger partial charge in [0.1, 0.15) is 0 Å². The quantitative estimate of drug-likeness (QED) is 0.945. The molecule has 0 saturated heterocycles. The van der Waals surface area contributed by atoms with Crippen molar-refractivity contribution in [2.45, 2.75) is 32.2 Å². The average molecular weight is 306 g/mol. The van der Waals surface area contributed by atoms with Gasteiger partial charge in [0.2, 0.25) is 0 Å². The molecule has 0 aliphatic carbocycles. The molecule has 1 aromatic carbocycles. The number of sulfone groups is 1. The van der Waals surface area contributed by atoms with Crippen molar-refractivity contribution in [1.29, 1.82) is 0 Å². The van der Waals surface area contributed by atoms with Gasteiger partial charge in [0.25, 0.3) is 0 Å². The van der Waals surface area contributed by atoms with Crippen molar-refractivity contribution in [3.8, 4) is 0 Å². The average Bonchev–Trinajstić information content (AvgIpc) is 2.64. The highest BCUT2D eigenvalue weighted by Crippen LogP contribution is 2.22. The molecule has 0 amide bonds. The van der Waals surface area contributed by atoms with Crippen LogP contribution in [0, 0.1) is 20.8 Å². The number of hydrogen-bond acceptors (Lipinski definition) is 3. The van der Waals surface area contributed by atoms with Crippen molar-refractivity contribution in [3.05, 3.63) is 46.8 Å². The molecule has 2 aromatic rings. The fraction of sp³-hybridized carbons (Fsp3) is 0.375. The maximum atomic E-state index is 11.6. The van der Waals surface area contributed by atoms with Gasteiger partial charge >= 0.3 is 0 Å². The van der Waals surface area contributed by atoms with Crippen LogP contribution in [0.5, 0.6) is 0 Å². The van der Waals surface area contributed by atoms with Crippen LogP contribution in [0.25, 0.3) is 0 Å². The molecule has 0 spiro atoms. The minimum absolute atomic E-state index is 0.344. The number of aryl methyl sites for hydroxylation is 2. The van der Waals surface area contributed by atoms with Crippen molar-refractivity contribution < 1.29 is 8.42 Å². The van der Waals surface area contributed by atoms with Crippen LogP contribution in [0.1, 0.15) is 22.5 Å². The summed E-state index contributed by atoms with van der Waals surface area (Å²) in [6.45, 7) is 6.81. The highest BCUT2D eigenvalue weighted by Gasteiger charge is 2.10. The van der Waals surface area contributed by atoms with E-state index in [-0.39, 0.29) is 0 Å². The summed E-state index contributed by atoms with van der Waals surface area (Å²) >= 11 is 0. The Morgan fingerprint density at radius 3 is 2.33 bits per heavy atom. The topological polar surface area (TPSA) is 51.1 Å². The van der Waals surface area contributed by atoms with Crippen molar-refractivity contribution in [1.82, 2.24) is 4.57 Å². The van der Waals surface area contributed by atoms with Gasteiger partial charge in [-0.05, 0) is 50.1 Å². The standard InChI is InChI=1S/C16H22N2O2S/c1-11-6-7-15(21(5,19)20)9-16(11)17-10-14-8-12(2)18(4)13(14)3/h6-9,17H,10H2,1-5H3. The van der Waals surface area contributed by atoms with Gasteiger partial charge in [-0.25, -0.2) is 8.42 Å². The largest absolute Gasteiger partial charge is 0.381 e. The summed E-state index contributed by atoms with van der Waals surface area (Å²) in [6.07, 6.45) is 1.23. The number of aromatic nitrogens is 1. The van der Waals surface area contributed by atoms with Crippen LogP contribution in [0.4, 0.5) is 5.69 Å². The first-order valence-electron chi connectivity index (χ1n) is 6.86. The Hall–Kier alpha value is -1.75. The van der Waals surface area contributed by atoms with E-state index >= 15 is 0 Å². The van der Waals surface area contributed by atoms with E-state index in [9.17, 15) is 8.42 Å². The third-order valence-corrected chi connectivity index (χ3v) is 5.10. The van der Waals surface area contributed by atoms with Crippen LogP contribution in [0.3, 0.4) is 0 Å². The molecular weight excluding hydrogens is 284 g/mol. The van der Waals surface area contributed by atoms with E-state index in [0.717, 1.165) is 11.3 Å². The molecule has 0 bridgehead atoms. The number of hydrogen-bond donors (Lipinski definition) is 1. The first kappa shape index (κ1) is 15.6. The van der Waals surface area contributed by atoms with Crippen LogP contribution in [0.15, 0.2) is 29.2 Å². The summed E-state index contributed by atoms with van der Waals surface area (Å²) in [5.74, 6) is 0. The minimum Gasteiger partial charge on any atom is -0.381 e. The molecule has 0 saturated carbocycles. The summed E-state index contributed by atoms with van der Waals surface area (Å²) in [7, 11) is -1.13. The molecule has 21 heavy (non-hydrogen) atoms. The second-order valence-corrected chi connectivity index (χ2v) is 7.57. The Bertz CT molecular complexity index is 774. The van der Waals surface area contributed by atoms with Crippen molar-refractivity contribution in [2.24, 2.45) is 7.05 Å². The van der Waals surface area contributed by atoms with Crippen LogP contribution in [-0.4, -0.2) is 19.2 Å². The van der Waals surface area contributed by atoms with E-state index in [0.29, 0.717) is 11.4 Å². The van der Waals surface area contributed by atoms with E-state index in [2.05, 4.69) is 29.8 Å². The van der Waals surface area contributed by atoms with Crippen LogP contribution in [-0.2, 0) is 23.4 Å². The van der Waals surface area contributed by atoms with E-state index < -0.39 is 9.84 Å². The highest BCUT2D eigenvalue weighted by atomic mass is 32.2. The maximum Gasteiger partial charge on any atom is 0.175 e. The van der Waals surface area contributed by atoms with E-state index in [4.69, 9.17) is 0 Å². The molecule has 0 aliphatic heterocycles. The van der Waals surface area contributed by atoms with E-state index in [1.807, 2.05) is 20.0 Å². The van der Waals surface area contributed by atoms with Gasteiger partial charge < -0.3 is 9.88 Å². The number of rotatable bonds is 4. The second kappa shape index (κ2) is 5.56. The number of anilines is 1. The molecule has 0 unspecified atom stereocenters. The van der Waals surface area contributed by atoms with Gasteiger partial charge in [0.05, 0.1) is 4.90 Å². The monoisotopic (exact) mass is 306 g/mol. The van der Waals surface area contributed by atoms with Gasteiger partial charge in [-0.3, -0.25) is 0 Å². The lowest BCUT2D eigenvalue weighted by Crippen LogP contribution is -2.04. The summed E-state index contributed by atoms with van der Waals surface area (Å²) in [5, 5.41) is 3.35. The van der Waals surface area contributed by atoms with Crippen molar-refractivity contribution >= 4 is 15.5 Å². The zero-order chi connectivity index (χ0) is 15.8. The fourth-order valence-corrected chi connectivity index (χ4v) is 2.97.